The second-order valence-electron chi connectivity index (χ2n) is 9.22. The summed E-state index contributed by atoms with van der Waals surface area (Å²) < 4.78 is 32.1. The SMILES string of the molecule is CCCC(=O)OCOC(=O)Nc1ncc(-c2cnn(C3CCNCC3)c2)cc1O[C@H](C)c1c(Cl)ccc(F)c1Cl. The Morgan fingerprint density at radius 2 is 1.98 bits per heavy atom. The van der Waals surface area contributed by atoms with Crippen molar-refractivity contribution in [2.24, 2.45) is 0 Å². The third kappa shape index (κ3) is 7.41. The smallest absolute Gasteiger partial charge is 0.415 e. The van der Waals surface area contributed by atoms with Crippen molar-refractivity contribution in [3.63, 3.8) is 0 Å². The maximum atomic E-state index is 14.2. The normalized spacial score (nSPS) is 14.4. The van der Waals surface area contributed by atoms with Crippen molar-refractivity contribution in [2.45, 2.75) is 51.7 Å². The molecule has 2 N–H and O–H groups in total. The highest BCUT2D eigenvalue weighted by molar-refractivity contribution is 6.36. The zero-order chi connectivity index (χ0) is 28.6. The second-order valence-corrected chi connectivity index (χ2v) is 10.0. The van der Waals surface area contributed by atoms with Crippen molar-refractivity contribution in [1.29, 1.82) is 0 Å². The van der Waals surface area contributed by atoms with Gasteiger partial charge in [-0.15, -0.1) is 0 Å². The Morgan fingerprint density at radius 1 is 1.20 bits per heavy atom. The van der Waals surface area contributed by atoms with Gasteiger partial charge in [-0.25, -0.2) is 14.2 Å². The molecule has 0 aliphatic carbocycles. The Bertz CT molecular complexity index is 1350. The van der Waals surface area contributed by atoms with Gasteiger partial charge in [-0.05, 0) is 57.5 Å². The summed E-state index contributed by atoms with van der Waals surface area (Å²) in [4.78, 5) is 28.3. The van der Waals surface area contributed by atoms with Crippen LogP contribution >= 0.6 is 23.2 Å². The molecule has 10 nitrogen and oxygen atoms in total. The van der Waals surface area contributed by atoms with Crippen molar-refractivity contribution in [2.75, 3.05) is 25.2 Å². The fourth-order valence-electron chi connectivity index (χ4n) is 4.27. The number of benzene rings is 1. The molecule has 0 unspecified atom stereocenters. The molecule has 0 bridgehead atoms. The third-order valence-corrected chi connectivity index (χ3v) is 7.06. The molecule has 0 radical (unpaired) electrons. The summed E-state index contributed by atoms with van der Waals surface area (Å²) in [5.74, 6) is -0.955. The van der Waals surface area contributed by atoms with Crippen LogP contribution in [0, 0.1) is 5.82 Å². The summed E-state index contributed by atoms with van der Waals surface area (Å²) in [5.41, 5.74) is 1.71. The van der Waals surface area contributed by atoms with Crippen LogP contribution in [-0.2, 0) is 14.3 Å². The molecule has 1 aliphatic heterocycles. The number of aromatic nitrogens is 3. The number of anilines is 1. The number of rotatable bonds is 10. The zero-order valence-electron chi connectivity index (χ0n) is 22.1. The number of esters is 1. The van der Waals surface area contributed by atoms with Gasteiger partial charge in [-0.1, -0.05) is 30.1 Å². The number of halogens is 3. The molecular formula is C27H30Cl2FN5O5. The van der Waals surface area contributed by atoms with Gasteiger partial charge in [0.15, 0.2) is 11.6 Å². The van der Waals surface area contributed by atoms with E-state index in [1.54, 1.807) is 25.4 Å². The third-order valence-electron chi connectivity index (χ3n) is 6.34. The number of piperidine rings is 1. The van der Waals surface area contributed by atoms with Crippen LogP contribution in [0.25, 0.3) is 11.1 Å². The number of ether oxygens (including phenoxy) is 3. The van der Waals surface area contributed by atoms with E-state index in [2.05, 4.69) is 20.7 Å². The number of hydrogen-bond donors (Lipinski definition) is 2. The fourth-order valence-corrected chi connectivity index (χ4v) is 4.94. The topological polar surface area (TPSA) is 117 Å². The van der Waals surface area contributed by atoms with Gasteiger partial charge >= 0.3 is 12.1 Å². The average Bonchev–Trinajstić information content (AvgIpc) is 3.43. The molecule has 0 spiro atoms. The van der Waals surface area contributed by atoms with Crippen molar-refractivity contribution in [1.82, 2.24) is 20.1 Å². The summed E-state index contributed by atoms with van der Waals surface area (Å²) >= 11 is 12.5. The number of nitrogens with one attached hydrogen (secondary N) is 2. The molecule has 1 aliphatic rings. The standard InChI is InChI=1S/C27H30Cl2FN5O5/c1-3-4-23(36)38-15-39-27(37)34-26-22(40-16(2)24-20(28)5-6-21(30)25(24)29)11-17(12-32-26)18-13-33-35(14-18)19-7-9-31-10-8-19/h5-6,11-14,16,19,31H,3-4,7-10,15H2,1-2H3,(H,32,34,37)/t16-/m1/s1. The lowest BCUT2D eigenvalue weighted by Crippen LogP contribution is -2.29. The van der Waals surface area contributed by atoms with Crippen LogP contribution in [0.15, 0.2) is 36.8 Å². The van der Waals surface area contributed by atoms with Gasteiger partial charge in [0.25, 0.3) is 0 Å². The van der Waals surface area contributed by atoms with Crippen LogP contribution in [0.3, 0.4) is 0 Å². The predicted molar refractivity (Wildman–Crippen MR) is 148 cm³/mol. The van der Waals surface area contributed by atoms with E-state index in [1.165, 1.54) is 12.1 Å². The van der Waals surface area contributed by atoms with E-state index in [-0.39, 0.29) is 39.6 Å². The van der Waals surface area contributed by atoms with Crippen LogP contribution in [0.1, 0.15) is 57.2 Å². The molecule has 2 aromatic heterocycles. The zero-order valence-corrected chi connectivity index (χ0v) is 23.6. The van der Waals surface area contributed by atoms with E-state index in [9.17, 15) is 14.0 Å². The minimum Gasteiger partial charge on any atom is -0.482 e. The fraction of sp³-hybridized carbons (Fsp3) is 0.407. The first-order valence-electron chi connectivity index (χ1n) is 12.9. The van der Waals surface area contributed by atoms with Gasteiger partial charge in [0.2, 0.25) is 6.79 Å². The highest BCUT2D eigenvalue weighted by Gasteiger charge is 2.22. The number of carbonyl (C=O) groups excluding carboxylic acids is 2. The first-order chi connectivity index (χ1) is 19.3. The number of nitrogens with zero attached hydrogens (tertiary/aromatic N) is 3. The Morgan fingerprint density at radius 3 is 2.73 bits per heavy atom. The average molecular weight is 594 g/mol. The van der Waals surface area contributed by atoms with Crippen LogP contribution in [0.4, 0.5) is 15.0 Å². The Balaban J connectivity index is 1.58. The Hall–Kier alpha value is -3.41. The number of carbonyl (C=O) groups is 2. The van der Waals surface area contributed by atoms with Gasteiger partial charge in [0, 0.05) is 40.5 Å². The van der Waals surface area contributed by atoms with E-state index < -0.39 is 30.8 Å². The molecule has 40 heavy (non-hydrogen) atoms. The number of hydrogen-bond acceptors (Lipinski definition) is 8. The minimum atomic E-state index is -0.914. The Kier molecular flexibility index (Phi) is 10.2. The molecule has 1 amide bonds. The van der Waals surface area contributed by atoms with Crippen molar-refractivity contribution >= 4 is 41.1 Å². The van der Waals surface area contributed by atoms with Crippen molar-refractivity contribution in [3.8, 4) is 16.9 Å². The summed E-state index contributed by atoms with van der Waals surface area (Å²) in [6, 6.07) is 4.51. The Labute approximate surface area is 241 Å². The van der Waals surface area contributed by atoms with Crippen molar-refractivity contribution < 1.29 is 28.2 Å². The molecule has 3 heterocycles. The maximum absolute atomic E-state index is 14.2. The molecule has 1 fully saturated rings. The molecule has 1 saturated heterocycles. The number of pyridine rings is 1. The van der Waals surface area contributed by atoms with E-state index in [0.717, 1.165) is 31.5 Å². The number of amides is 1. The molecule has 1 atom stereocenters. The maximum Gasteiger partial charge on any atom is 0.415 e. The summed E-state index contributed by atoms with van der Waals surface area (Å²) in [7, 11) is 0. The molecule has 4 rings (SSSR count). The predicted octanol–water partition coefficient (Wildman–Crippen LogP) is 6.30. The van der Waals surface area contributed by atoms with E-state index in [4.69, 9.17) is 37.4 Å². The molecular weight excluding hydrogens is 564 g/mol. The lowest BCUT2D eigenvalue weighted by atomic mass is 10.1. The van der Waals surface area contributed by atoms with E-state index >= 15 is 0 Å². The monoisotopic (exact) mass is 593 g/mol. The van der Waals surface area contributed by atoms with Crippen molar-refractivity contribution in [3.05, 3.63) is 58.2 Å². The lowest BCUT2D eigenvalue weighted by Gasteiger charge is -2.22. The largest absolute Gasteiger partial charge is 0.482 e. The van der Waals surface area contributed by atoms with E-state index in [0.29, 0.717) is 12.0 Å². The van der Waals surface area contributed by atoms with Crippen LogP contribution < -0.4 is 15.4 Å². The van der Waals surface area contributed by atoms with Gasteiger partial charge in [-0.2, -0.15) is 5.10 Å². The summed E-state index contributed by atoms with van der Waals surface area (Å²) in [5, 5.41) is 10.4. The molecule has 1 aromatic carbocycles. The molecule has 0 saturated carbocycles. The van der Waals surface area contributed by atoms with Crippen LogP contribution in [0.5, 0.6) is 5.75 Å². The highest BCUT2D eigenvalue weighted by Crippen LogP contribution is 2.38. The minimum absolute atomic E-state index is 0.0230. The second kappa shape index (κ2) is 13.8. The van der Waals surface area contributed by atoms with Gasteiger partial charge in [-0.3, -0.25) is 14.8 Å². The van der Waals surface area contributed by atoms with Crippen LogP contribution in [-0.4, -0.2) is 46.7 Å². The molecule has 3 aromatic rings. The van der Waals surface area contributed by atoms with Gasteiger partial charge < -0.3 is 19.5 Å². The quantitative estimate of drug-likeness (QED) is 0.160. The highest BCUT2D eigenvalue weighted by atomic mass is 35.5. The summed E-state index contributed by atoms with van der Waals surface area (Å²) in [6.45, 7) is 4.77. The first-order valence-corrected chi connectivity index (χ1v) is 13.7. The molecule has 13 heteroatoms. The molecule has 214 valence electrons. The van der Waals surface area contributed by atoms with Crippen LogP contribution in [0.2, 0.25) is 10.0 Å². The van der Waals surface area contributed by atoms with Gasteiger partial charge in [0.1, 0.15) is 11.9 Å². The lowest BCUT2D eigenvalue weighted by molar-refractivity contribution is -0.151. The first kappa shape index (κ1) is 29.6. The summed E-state index contributed by atoms with van der Waals surface area (Å²) in [6.07, 6.45) is 6.25. The van der Waals surface area contributed by atoms with Gasteiger partial charge in [0.05, 0.1) is 17.3 Å². The van der Waals surface area contributed by atoms with E-state index in [1.807, 2.05) is 17.8 Å².